The molecule has 0 aliphatic carbocycles. The normalized spacial score (nSPS) is 10.5. The largest absolute Gasteiger partial charge is 0.493 e. The van der Waals surface area contributed by atoms with E-state index >= 15 is 0 Å². The molecule has 0 aliphatic heterocycles. The second-order valence-corrected chi connectivity index (χ2v) is 7.37. The van der Waals surface area contributed by atoms with E-state index in [0.717, 1.165) is 0 Å². The number of amides is 2. The molecule has 0 spiro atoms. The molecule has 2 aromatic carbocycles. The van der Waals surface area contributed by atoms with Crippen LogP contribution in [-0.4, -0.2) is 45.6 Å². The molecule has 11 nitrogen and oxygen atoms in total. The molecule has 2 heterocycles. The molecule has 11 heteroatoms. The number of hydrogen-bond acceptors (Lipinski definition) is 7. The van der Waals surface area contributed by atoms with Gasteiger partial charge < -0.3 is 24.8 Å². The summed E-state index contributed by atoms with van der Waals surface area (Å²) in [5.41, 5.74) is 1.66. The lowest BCUT2D eigenvalue weighted by Crippen LogP contribution is -2.15. The summed E-state index contributed by atoms with van der Waals surface area (Å²) in [6, 6.07) is 15.2. The van der Waals surface area contributed by atoms with E-state index in [1.54, 1.807) is 92.9 Å². The molecule has 4 aromatic rings. The van der Waals surface area contributed by atoms with Crippen molar-refractivity contribution in [3.8, 4) is 17.2 Å². The van der Waals surface area contributed by atoms with Gasteiger partial charge in [0.05, 0.1) is 14.2 Å². The van der Waals surface area contributed by atoms with E-state index in [9.17, 15) is 9.59 Å². The van der Waals surface area contributed by atoms with Crippen LogP contribution in [0.1, 0.15) is 21.0 Å². The molecule has 0 aliphatic rings. The van der Waals surface area contributed by atoms with Crippen molar-refractivity contribution in [2.45, 2.75) is 6.73 Å². The molecule has 0 radical (unpaired) electrons. The van der Waals surface area contributed by atoms with E-state index in [4.69, 9.17) is 14.2 Å². The van der Waals surface area contributed by atoms with Crippen molar-refractivity contribution < 1.29 is 23.8 Å². The van der Waals surface area contributed by atoms with Crippen LogP contribution < -0.4 is 24.8 Å². The van der Waals surface area contributed by atoms with Crippen molar-refractivity contribution >= 4 is 23.2 Å². The van der Waals surface area contributed by atoms with Crippen molar-refractivity contribution in [3.05, 3.63) is 78.4 Å². The van der Waals surface area contributed by atoms with E-state index in [1.807, 2.05) is 0 Å². The Morgan fingerprint density at radius 1 is 0.800 bits per heavy atom. The smallest absolute Gasteiger partial charge is 0.276 e. The molecule has 0 saturated heterocycles. The van der Waals surface area contributed by atoms with Gasteiger partial charge in [-0.3, -0.25) is 14.3 Å². The number of ether oxygens (including phenoxy) is 3. The number of carbonyl (C=O) groups excluding carboxylic acids is 2. The Balaban J connectivity index is 1.34. The van der Waals surface area contributed by atoms with E-state index < -0.39 is 0 Å². The van der Waals surface area contributed by atoms with Crippen LogP contribution in [-0.2, 0) is 13.8 Å². The summed E-state index contributed by atoms with van der Waals surface area (Å²) in [6.45, 7) is 0.0503. The van der Waals surface area contributed by atoms with E-state index in [-0.39, 0.29) is 24.2 Å². The molecular weight excluding hydrogens is 452 g/mol. The predicted molar refractivity (Wildman–Crippen MR) is 128 cm³/mol. The first-order valence-corrected chi connectivity index (χ1v) is 10.6. The van der Waals surface area contributed by atoms with E-state index in [0.29, 0.717) is 34.3 Å². The molecule has 0 atom stereocenters. The maximum absolute atomic E-state index is 12.6. The van der Waals surface area contributed by atoms with Gasteiger partial charge in [0.2, 0.25) is 5.75 Å². The minimum absolute atomic E-state index is 0.0503. The molecule has 180 valence electrons. The minimum Gasteiger partial charge on any atom is -0.493 e. The molecule has 2 amide bonds. The van der Waals surface area contributed by atoms with E-state index in [1.165, 1.54) is 4.68 Å². The van der Waals surface area contributed by atoms with Gasteiger partial charge in [-0.1, -0.05) is 6.07 Å². The summed E-state index contributed by atoms with van der Waals surface area (Å²) >= 11 is 0. The third kappa shape index (κ3) is 5.58. The maximum Gasteiger partial charge on any atom is 0.276 e. The number of benzene rings is 2. The van der Waals surface area contributed by atoms with Crippen molar-refractivity contribution in [2.24, 2.45) is 7.05 Å². The Kier molecular flexibility index (Phi) is 6.96. The van der Waals surface area contributed by atoms with Gasteiger partial charge >= 0.3 is 0 Å². The van der Waals surface area contributed by atoms with Crippen molar-refractivity contribution in [3.63, 3.8) is 0 Å². The number of rotatable bonds is 9. The predicted octanol–water partition coefficient (Wildman–Crippen LogP) is 3.17. The molecule has 0 unspecified atom stereocenters. The standard InChI is InChI=1S/C24H24N6O5/c1-29-13-11-18(27-29)23(31)25-16-7-9-17(10-8-16)26-24(32)19-12-14-30(28-19)15-35-22-20(33-2)5-4-6-21(22)34-3/h4-14H,15H2,1-3H3,(H,25,31)(H,26,32). The highest BCUT2D eigenvalue weighted by atomic mass is 16.5. The number of aromatic nitrogens is 4. The Hall–Kier alpha value is -4.80. The first-order valence-electron chi connectivity index (χ1n) is 10.6. The van der Waals surface area contributed by atoms with Crippen LogP contribution in [0.3, 0.4) is 0 Å². The number of methoxy groups -OCH3 is 2. The highest BCUT2D eigenvalue weighted by Crippen LogP contribution is 2.36. The zero-order valence-corrected chi connectivity index (χ0v) is 19.4. The van der Waals surface area contributed by atoms with Crippen molar-refractivity contribution in [1.29, 1.82) is 0 Å². The van der Waals surface area contributed by atoms with Crippen LogP contribution in [0.25, 0.3) is 0 Å². The fourth-order valence-electron chi connectivity index (χ4n) is 3.21. The number of para-hydroxylation sites is 1. The number of hydrogen-bond donors (Lipinski definition) is 2. The highest BCUT2D eigenvalue weighted by Gasteiger charge is 2.14. The molecular formula is C24H24N6O5. The molecule has 2 aromatic heterocycles. The van der Waals surface area contributed by atoms with Gasteiger partial charge in [0.25, 0.3) is 11.8 Å². The lowest BCUT2D eigenvalue weighted by Gasteiger charge is -2.13. The SMILES string of the molecule is COc1cccc(OC)c1OCn1ccc(C(=O)Nc2ccc(NC(=O)c3ccn(C)n3)cc2)n1. The summed E-state index contributed by atoms with van der Waals surface area (Å²) in [7, 11) is 4.82. The summed E-state index contributed by atoms with van der Waals surface area (Å²) in [4.78, 5) is 24.8. The highest BCUT2D eigenvalue weighted by molar-refractivity contribution is 6.04. The first kappa shape index (κ1) is 23.4. The van der Waals surface area contributed by atoms with Gasteiger partial charge in [0.1, 0.15) is 0 Å². The molecule has 0 saturated carbocycles. The number of anilines is 2. The lowest BCUT2D eigenvalue weighted by molar-refractivity contribution is 0.101. The van der Waals surface area contributed by atoms with Crippen LogP contribution in [0.5, 0.6) is 17.2 Å². The Bertz CT molecular complexity index is 1310. The second kappa shape index (κ2) is 10.4. The van der Waals surface area contributed by atoms with Gasteiger partial charge in [-0.15, -0.1) is 0 Å². The summed E-state index contributed by atoms with van der Waals surface area (Å²) in [5.74, 6) is 0.780. The minimum atomic E-state index is -0.385. The summed E-state index contributed by atoms with van der Waals surface area (Å²) in [6.07, 6.45) is 3.32. The second-order valence-electron chi connectivity index (χ2n) is 7.37. The zero-order valence-electron chi connectivity index (χ0n) is 19.4. The maximum atomic E-state index is 12.6. The van der Waals surface area contributed by atoms with Crippen LogP contribution in [0.15, 0.2) is 67.0 Å². The third-order valence-electron chi connectivity index (χ3n) is 4.94. The van der Waals surface area contributed by atoms with Crippen LogP contribution >= 0.6 is 0 Å². The van der Waals surface area contributed by atoms with Gasteiger partial charge in [-0.25, -0.2) is 4.68 Å². The zero-order chi connectivity index (χ0) is 24.8. The average Bonchev–Trinajstić information content (AvgIpc) is 3.53. The Morgan fingerprint density at radius 2 is 1.34 bits per heavy atom. The number of aryl methyl sites for hydroxylation is 1. The van der Waals surface area contributed by atoms with Gasteiger partial charge in [-0.2, -0.15) is 10.2 Å². The molecule has 35 heavy (non-hydrogen) atoms. The Morgan fingerprint density at radius 3 is 1.86 bits per heavy atom. The van der Waals surface area contributed by atoms with Gasteiger partial charge in [0, 0.05) is 30.8 Å². The van der Waals surface area contributed by atoms with E-state index in [2.05, 4.69) is 20.8 Å². The molecule has 2 N–H and O–H groups in total. The van der Waals surface area contributed by atoms with Crippen molar-refractivity contribution in [2.75, 3.05) is 24.9 Å². The topological polar surface area (TPSA) is 122 Å². The lowest BCUT2D eigenvalue weighted by atomic mass is 10.2. The van der Waals surface area contributed by atoms with Gasteiger partial charge in [-0.05, 0) is 48.5 Å². The monoisotopic (exact) mass is 476 g/mol. The van der Waals surface area contributed by atoms with Crippen molar-refractivity contribution in [1.82, 2.24) is 19.6 Å². The summed E-state index contributed by atoms with van der Waals surface area (Å²) in [5, 5.41) is 13.9. The van der Waals surface area contributed by atoms with Crippen LogP contribution in [0, 0.1) is 0 Å². The van der Waals surface area contributed by atoms with Gasteiger partial charge in [0.15, 0.2) is 29.6 Å². The molecule has 0 bridgehead atoms. The Labute approximate surface area is 201 Å². The fraction of sp³-hybridized carbons (Fsp3) is 0.167. The summed E-state index contributed by atoms with van der Waals surface area (Å²) < 4.78 is 19.5. The number of carbonyl (C=O) groups is 2. The quantitative estimate of drug-likeness (QED) is 0.381. The third-order valence-corrected chi connectivity index (χ3v) is 4.94. The molecule has 4 rings (SSSR count). The van der Waals surface area contributed by atoms with Crippen LogP contribution in [0.4, 0.5) is 11.4 Å². The van der Waals surface area contributed by atoms with Crippen LogP contribution in [0.2, 0.25) is 0 Å². The average molecular weight is 476 g/mol. The fourth-order valence-corrected chi connectivity index (χ4v) is 3.21. The number of nitrogens with one attached hydrogen (secondary N) is 2. The first-order chi connectivity index (χ1) is 17.0. The molecule has 0 fully saturated rings. The number of nitrogens with zero attached hydrogens (tertiary/aromatic N) is 4.